The third kappa shape index (κ3) is 3.04. The van der Waals surface area contributed by atoms with Gasteiger partial charge in [-0.3, -0.25) is 4.79 Å². The van der Waals surface area contributed by atoms with Crippen molar-refractivity contribution in [1.82, 2.24) is 10.2 Å². The number of hydrogen-bond acceptors (Lipinski definition) is 4. The lowest BCUT2D eigenvalue weighted by Crippen LogP contribution is -2.16. The van der Waals surface area contributed by atoms with Crippen LogP contribution in [0.4, 0.5) is 5.69 Å². The number of carbonyl (C=O) groups excluding carboxylic acids is 1. The zero-order valence-electron chi connectivity index (χ0n) is 13.8. The normalized spacial score (nSPS) is 21.6. The number of amides is 1. The largest absolute Gasteiger partial charge is 0.423 e. The van der Waals surface area contributed by atoms with Crippen LogP contribution < -0.4 is 5.32 Å². The molecule has 1 saturated carbocycles. The van der Waals surface area contributed by atoms with Gasteiger partial charge in [0, 0.05) is 11.3 Å². The average molecular weight is 311 g/mol. The van der Waals surface area contributed by atoms with Crippen LogP contribution in [-0.2, 0) is 4.79 Å². The molecule has 5 heteroatoms. The van der Waals surface area contributed by atoms with Crippen molar-refractivity contribution in [2.24, 2.45) is 17.3 Å². The molecule has 0 unspecified atom stereocenters. The molecular formula is C18H21N3O2. The maximum Gasteiger partial charge on any atom is 0.247 e. The van der Waals surface area contributed by atoms with E-state index < -0.39 is 0 Å². The lowest BCUT2D eigenvalue weighted by Gasteiger charge is -2.07. The second kappa shape index (κ2) is 5.65. The number of carbonyl (C=O) groups is 1. The molecule has 1 fully saturated rings. The molecule has 2 atom stereocenters. The first kappa shape index (κ1) is 15.5. The lowest BCUT2D eigenvalue weighted by molar-refractivity contribution is -0.118. The molecule has 0 saturated heterocycles. The predicted octanol–water partition coefficient (Wildman–Crippen LogP) is 3.91. The minimum Gasteiger partial charge on any atom is -0.423 e. The monoisotopic (exact) mass is 311 g/mol. The molecule has 1 aliphatic rings. The van der Waals surface area contributed by atoms with Crippen LogP contribution in [0.15, 0.2) is 46.7 Å². The Hall–Kier alpha value is -2.43. The van der Waals surface area contributed by atoms with E-state index in [9.17, 15) is 4.79 Å². The Morgan fingerprint density at radius 3 is 2.78 bits per heavy atom. The first-order chi connectivity index (χ1) is 10.9. The molecule has 1 aromatic carbocycles. The van der Waals surface area contributed by atoms with Crippen molar-refractivity contribution < 1.29 is 9.21 Å². The standard InChI is InChI=1S/C18H21N3O2/c1-11(2)8-14-15(18(14,3)4)16(22)20-13-7-5-6-12(9-13)17-21-19-10-23-17/h5-10,14-15H,1-4H3,(H,20,22)/t14-,15-/m1/s1. The van der Waals surface area contributed by atoms with Gasteiger partial charge in [-0.2, -0.15) is 0 Å². The summed E-state index contributed by atoms with van der Waals surface area (Å²) in [4.78, 5) is 12.6. The molecular weight excluding hydrogens is 290 g/mol. The summed E-state index contributed by atoms with van der Waals surface area (Å²) >= 11 is 0. The maximum absolute atomic E-state index is 12.6. The Morgan fingerprint density at radius 1 is 1.35 bits per heavy atom. The first-order valence-corrected chi connectivity index (χ1v) is 7.72. The SMILES string of the molecule is CC(C)=C[C@@H]1[C@H](C(=O)Nc2cccc(-c3nnco3)c2)C1(C)C. The summed E-state index contributed by atoms with van der Waals surface area (Å²) in [7, 11) is 0. The van der Waals surface area contributed by atoms with E-state index in [-0.39, 0.29) is 17.2 Å². The molecule has 1 aliphatic carbocycles. The number of allylic oxidation sites excluding steroid dienone is 2. The Balaban J connectivity index is 1.74. The molecule has 120 valence electrons. The Kier molecular flexibility index (Phi) is 3.80. The molecule has 1 aromatic heterocycles. The van der Waals surface area contributed by atoms with Gasteiger partial charge in [-0.1, -0.05) is 31.6 Å². The number of nitrogens with one attached hydrogen (secondary N) is 1. The van der Waals surface area contributed by atoms with Gasteiger partial charge in [0.2, 0.25) is 18.2 Å². The summed E-state index contributed by atoms with van der Waals surface area (Å²) in [5, 5.41) is 10.6. The molecule has 1 heterocycles. The smallest absolute Gasteiger partial charge is 0.247 e. The summed E-state index contributed by atoms with van der Waals surface area (Å²) in [6.45, 7) is 8.40. The summed E-state index contributed by atoms with van der Waals surface area (Å²) in [5.41, 5.74) is 2.78. The fourth-order valence-electron chi connectivity index (χ4n) is 3.10. The fourth-order valence-corrected chi connectivity index (χ4v) is 3.10. The van der Waals surface area contributed by atoms with Gasteiger partial charge >= 0.3 is 0 Å². The van der Waals surface area contributed by atoms with Crippen LogP contribution in [0.1, 0.15) is 27.7 Å². The predicted molar refractivity (Wildman–Crippen MR) is 88.6 cm³/mol. The van der Waals surface area contributed by atoms with Gasteiger partial charge < -0.3 is 9.73 Å². The summed E-state index contributed by atoms with van der Waals surface area (Å²) in [6.07, 6.45) is 3.48. The number of nitrogens with zero attached hydrogens (tertiary/aromatic N) is 2. The summed E-state index contributed by atoms with van der Waals surface area (Å²) in [6, 6.07) is 7.44. The van der Waals surface area contributed by atoms with Crippen LogP contribution in [0.5, 0.6) is 0 Å². The second-order valence-corrected chi connectivity index (χ2v) is 6.88. The highest BCUT2D eigenvalue weighted by molar-refractivity contribution is 5.96. The zero-order valence-corrected chi connectivity index (χ0v) is 13.8. The number of benzene rings is 1. The number of hydrogen-bond donors (Lipinski definition) is 1. The molecule has 1 amide bonds. The van der Waals surface area contributed by atoms with Crippen molar-refractivity contribution in [3.8, 4) is 11.5 Å². The maximum atomic E-state index is 12.6. The Bertz CT molecular complexity index is 743. The van der Waals surface area contributed by atoms with Gasteiger partial charge in [-0.15, -0.1) is 10.2 Å². The van der Waals surface area contributed by atoms with E-state index in [0.29, 0.717) is 11.8 Å². The molecule has 5 nitrogen and oxygen atoms in total. The van der Waals surface area contributed by atoms with Gasteiger partial charge in [0.05, 0.1) is 5.92 Å². The average Bonchev–Trinajstić information content (AvgIpc) is 2.87. The number of aromatic nitrogens is 2. The van der Waals surface area contributed by atoms with Crippen molar-refractivity contribution in [2.75, 3.05) is 5.32 Å². The van der Waals surface area contributed by atoms with Crippen LogP contribution in [-0.4, -0.2) is 16.1 Å². The summed E-state index contributed by atoms with van der Waals surface area (Å²) in [5.74, 6) is 0.798. The van der Waals surface area contributed by atoms with Crippen molar-refractivity contribution in [3.63, 3.8) is 0 Å². The van der Waals surface area contributed by atoms with Crippen molar-refractivity contribution in [2.45, 2.75) is 27.7 Å². The first-order valence-electron chi connectivity index (χ1n) is 7.72. The summed E-state index contributed by atoms with van der Waals surface area (Å²) < 4.78 is 5.19. The van der Waals surface area contributed by atoms with Gasteiger partial charge in [-0.25, -0.2) is 0 Å². The van der Waals surface area contributed by atoms with Crippen LogP contribution in [0, 0.1) is 17.3 Å². The van der Waals surface area contributed by atoms with Crippen molar-refractivity contribution in [3.05, 3.63) is 42.3 Å². The van der Waals surface area contributed by atoms with Crippen molar-refractivity contribution in [1.29, 1.82) is 0 Å². The highest BCUT2D eigenvalue weighted by atomic mass is 16.4. The third-order valence-electron chi connectivity index (χ3n) is 4.44. The molecule has 1 N–H and O–H groups in total. The Morgan fingerprint density at radius 2 is 2.13 bits per heavy atom. The lowest BCUT2D eigenvalue weighted by atomic mass is 10.1. The molecule has 23 heavy (non-hydrogen) atoms. The van der Waals surface area contributed by atoms with E-state index in [1.165, 1.54) is 12.0 Å². The van der Waals surface area contributed by atoms with E-state index >= 15 is 0 Å². The highest BCUT2D eigenvalue weighted by Crippen LogP contribution is 2.59. The molecule has 3 rings (SSSR count). The van der Waals surface area contributed by atoms with Gasteiger partial charge in [0.15, 0.2) is 0 Å². The molecule has 0 bridgehead atoms. The van der Waals surface area contributed by atoms with Crippen LogP contribution in [0.2, 0.25) is 0 Å². The molecule has 0 spiro atoms. The zero-order chi connectivity index (χ0) is 16.6. The van der Waals surface area contributed by atoms with E-state index in [0.717, 1.165) is 11.3 Å². The second-order valence-electron chi connectivity index (χ2n) is 6.88. The van der Waals surface area contributed by atoms with E-state index in [2.05, 4.69) is 49.3 Å². The number of anilines is 1. The van der Waals surface area contributed by atoms with Gasteiger partial charge in [0.1, 0.15) is 0 Å². The third-order valence-corrected chi connectivity index (χ3v) is 4.44. The van der Waals surface area contributed by atoms with Crippen LogP contribution >= 0.6 is 0 Å². The minimum absolute atomic E-state index is 0.00413. The van der Waals surface area contributed by atoms with E-state index in [1.54, 1.807) is 0 Å². The van der Waals surface area contributed by atoms with Gasteiger partial charge in [0.25, 0.3) is 0 Å². The van der Waals surface area contributed by atoms with Crippen LogP contribution in [0.25, 0.3) is 11.5 Å². The van der Waals surface area contributed by atoms with Crippen LogP contribution in [0.3, 0.4) is 0 Å². The fraction of sp³-hybridized carbons (Fsp3) is 0.389. The number of rotatable bonds is 4. The molecule has 2 aromatic rings. The minimum atomic E-state index is 0.00413. The highest BCUT2D eigenvalue weighted by Gasteiger charge is 2.60. The van der Waals surface area contributed by atoms with E-state index in [1.807, 2.05) is 24.3 Å². The Labute approximate surface area is 135 Å². The van der Waals surface area contributed by atoms with E-state index in [4.69, 9.17) is 4.42 Å². The van der Waals surface area contributed by atoms with Crippen molar-refractivity contribution >= 4 is 11.6 Å². The molecule has 0 radical (unpaired) electrons. The van der Waals surface area contributed by atoms with Gasteiger partial charge in [-0.05, 0) is 43.4 Å². The molecule has 0 aliphatic heterocycles. The quantitative estimate of drug-likeness (QED) is 0.869. The topological polar surface area (TPSA) is 68.0 Å².